The lowest BCUT2D eigenvalue weighted by Crippen LogP contribution is -1.90. The largest absolute Gasteiger partial charge is 0.0616 e. The van der Waals surface area contributed by atoms with Crippen LogP contribution in [0.2, 0.25) is 0 Å². The van der Waals surface area contributed by atoms with E-state index in [0.717, 1.165) is 6.42 Å². The van der Waals surface area contributed by atoms with E-state index in [-0.39, 0.29) is 0 Å². The summed E-state index contributed by atoms with van der Waals surface area (Å²) in [6.07, 6.45) is 1.06. The fraction of sp³-hybridized carbons (Fsp3) is 0.0435. The Kier molecular flexibility index (Phi) is 1.98. The minimum absolute atomic E-state index is 1.06. The second-order valence-electron chi connectivity index (χ2n) is 6.60. The van der Waals surface area contributed by atoms with Gasteiger partial charge in [-0.15, -0.1) is 0 Å². The molecule has 0 bridgehead atoms. The Balaban J connectivity index is 1.72. The molecule has 0 saturated carbocycles. The maximum absolute atomic E-state index is 2.39. The van der Waals surface area contributed by atoms with Crippen molar-refractivity contribution in [1.82, 2.24) is 0 Å². The van der Waals surface area contributed by atoms with Crippen LogP contribution >= 0.6 is 0 Å². The molecule has 0 saturated heterocycles. The number of hydrogen-bond donors (Lipinski definition) is 0. The van der Waals surface area contributed by atoms with Gasteiger partial charge in [0.2, 0.25) is 0 Å². The predicted molar refractivity (Wildman–Crippen MR) is 97.5 cm³/mol. The molecular weight excluding hydrogens is 276 g/mol. The van der Waals surface area contributed by atoms with Crippen molar-refractivity contribution in [2.45, 2.75) is 6.42 Å². The number of fused-ring (bicyclic) bond motifs is 5. The summed E-state index contributed by atoms with van der Waals surface area (Å²) in [6.45, 7) is 0. The first-order valence-corrected chi connectivity index (χ1v) is 8.18. The monoisotopic (exact) mass is 290 g/mol. The summed E-state index contributed by atoms with van der Waals surface area (Å²) in [7, 11) is 0. The van der Waals surface area contributed by atoms with Crippen molar-refractivity contribution < 1.29 is 0 Å². The fourth-order valence-corrected chi connectivity index (χ4v) is 4.45. The highest BCUT2D eigenvalue weighted by Crippen LogP contribution is 2.51. The summed E-state index contributed by atoms with van der Waals surface area (Å²) in [5.74, 6) is 0. The molecule has 0 heteroatoms. The van der Waals surface area contributed by atoms with Gasteiger partial charge in [0.05, 0.1) is 0 Å². The van der Waals surface area contributed by atoms with Crippen molar-refractivity contribution in [1.29, 1.82) is 0 Å². The van der Waals surface area contributed by atoms with E-state index >= 15 is 0 Å². The Labute approximate surface area is 134 Å². The molecule has 0 fully saturated rings. The third-order valence-electron chi connectivity index (χ3n) is 5.41. The molecule has 4 aromatic rings. The Morgan fingerprint density at radius 1 is 0.565 bits per heavy atom. The van der Waals surface area contributed by atoms with E-state index in [0.29, 0.717) is 0 Å². The molecule has 0 nitrogen and oxygen atoms in total. The van der Waals surface area contributed by atoms with Crippen LogP contribution in [0.3, 0.4) is 0 Å². The molecule has 0 unspecified atom stereocenters. The Morgan fingerprint density at radius 2 is 1.26 bits per heavy atom. The Morgan fingerprint density at radius 3 is 2.09 bits per heavy atom. The zero-order valence-electron chi connectivity index (χ0n) is 12.6. The van der Waals surface area contributed by atoms with Gasteiger partial charge >= 0.3 is 0 Å². The maximum Gasteiger partial charge on any atom is -0.000683 e. The molecule has 6 rings (SSSR count). The average molecular weight is 290 g/mol. The van der Waals surface area contributed by atoms with Crippen LogP contribution in [-0.2, 0) is 6.42 Å². The molecule has 0 radical (unpaired) electrons. The van der Waals surface area contributed by atoms with Gasteiger partial charge in [-0.25, -0.2) is 0 Å². The lowest BCUT2D eigenvalue weighted by Gasteiger charge is -2.10. The molecule has 0 aromatic heterocycles. The van der Waals surface area contributed by atoms with E-state index in [4.69, 9.17) is 0 Å². The molecule has 0 atom stereocenters. The van der Waals surface area contributed by atoms with E-state index in [1.54, 1.807) is 0 Å². The smallest absolute Gasteiger partial charge is 0.000683 e. The second-order valence-corrected chi connectivity index (χ2v) is 6.60. The van der Waals surface area contributed by atoms with Crippen molar-refractivity contribution in [3.8, 4) is 0 Å². The van der Waals surface area contributed by atoms with Gasteiger partial charge in [0, 0.05) is 0 Å². The van der Waals surface area contributed by atoms with Crippen molar-refractivity contribution >= 4 is 32.7 Å². The molecule has 0 heterocycles. The van der Waals surface area contributed by atoms with E-state index < -0.39 is 0 Å². The van der Waals surface area contributed by atoms with Crippen molar-refractivity contribution in [3.63, 3.8) is 0 Å². The number of rotatable bonds is 0. The Hall–Kier alpha value is -2.86. The van der Waals surface area contributed by atoms with Gasteiger partial charge in [-0.3, -0.25) is 0 Å². The normalized spacial score (nSPS) is 14.6. The van der Waals surface area contributed by atoms with Crippen LogP contribution in [0.1, 0.15) is 22.3 Å². The average Bonchev–Trinajstić information content (AvgIpc) is 3.10. The summed E-state index contributed by atoms with van der Waals surface area (Å²) in [6, 6.07) is 26.9. The molecule has 23 heavy (non-hydrogen) atoms. The van der Waals surface area contributed by atoms with E-state index in [2.05, 4.69) is 72.8 Å². The zero-order chi connectivity index (χ0) is 15.0. The van der Waals surface area contributed by atoms with Crippen molar-refractivity contribution in [2.75, 3.05) is 0 Å². The van der Waals surface area contributed by atoms with Gasteiger partial charge < -0.3 is 0 Å². The SMILES string of the molecule is c1ccc2cc3c(cc2c1)CC1=C3c2cccc3cccc1c23. The first-order valence-electron chi connectivity index (χ1n) is 8.18. The summed E-state index contributed by atoms with van der Waals surface area (Å²) in [4.78, 5) is 0. The first kappa shape index (κ1) is 11.7. The second kappa shape index (κ2) is 3.91. The van der Waals surface area contributed by atoms with E-state index in [1.165, 1.54) is 54.9 Å². The molecule has 0 aliphatic heterocycles. The lowest BCUT2D eigenvalue weighted by molar-refractivity contribution is 1.33. The van der Waals surface area contributed by atoms with Gasteiger partial charge in [0.25, 0.3) is 0 Å². The molecule has 2 aliphatic rings. The third kappa shape index (κ3) is 1.37. The van der Waals surface area contributed by atoms with E-state index in [9.17, 15) is 0 Å². The minimum Gasteiger partial charge on any atom is -0.0616 e. The van der Waals surface area contributed by atoms with Gasteiger partial charge in [0.1, 0.15) is 0 Å². The summed E-state index contributed by atoms with van der Waals surface area (Å²) >= 11 is 0. The van der Waals surface area contributed by atoms with Crippen LogP contribution in [0.25, 0.3) is 32.7 Å². The number of allylic oxidation sites excluding steroid dienone is 1. The topological polar surface area (TPSA) is 0 Å². The quantitative estimate of drug-likeness (QED) is 0.382. The predicted octanol–water partition coefficient (Wildman–Crippen LogP) is 5.82. The molecule has 2 aliphatic carbocycles. The highest BCUT2D eigenvalue weighted by molar-refractivity contribution is 6.20. The highest BCUT2D eigenvalue weighted by atomic mass is 14.3. The van der Waals surface area contributed by atoms with Crippen LogP contribution in [0.4, 0.5) is 0 Å². The van der Waals surface area contributed by atoms with Crippen LogP contribution in [0.15, 0.2) is 72.8 Å². The zero-order valence-corrected chi connectivity index (χ0v) is 12.6. The maximum atomic E-state index is 2.39. The van der Waals surface area contributed by atoms with Gasteiger partial charge in [-0.05, 0) is 67.4 Å². The summed E-state index contributed by atoms with van der Waals surface area (Å²) in [5, 5.41) is 5.48. The standard InChI is InChI=1S/C23H14/c1-2-6-16-12-20-17(11-15(16)5-1)13-21-18-9-3-7-14-8-4-10-19(22(14)18)23(20)21/h1-12H,13H2. The van der Waals surface area contributed by atoms with Crippen molar-refractivity contribution in [2.24, 2.45) is 0 Å². The van der Waals surface area contributed by atoms with E-state index in [1.807, 2.05) is 0 Å². The lowest BCUT2D eigenvalue weighted by atomic mass is 9.93. The highest BCUT2D eigenvalue weighted by Gasteiger charge is 2.31. The molecular formula is C23H14. The molecule has 106 valence electrons. The van der Waals surface area contributed by atoms with Crippen LogP contribution in [-0.4, -0.2) is 0 Å². The molecule has 0 amide bonds. The summed E-state index contributed by atoms with van der Waals surface area (Å²) < 4.78 is 0. The van der Waals surface area contributed by atoms with Crippen LogP contribution in [0.5, 0.6) is 0 Å². The fourth-order valence-electron chi connectivity index (χ4n) is 4.45. The summed E-state index contributed by atoms with van der Waals surface area (Å²) in [5.41, 5.74) is 8.75. The number of benzene rings is 4. The minimum atomic E-state index is 1.06. The van der Waals surface area contributed by atoms with Crippen molar-refractivity contribution in [3.05, 3.63) is 95.1 Å². The Bertz CT molecular complexity index is 1170. The first-order chi connectivity index (χ1) is 11.4. The third-order valence-corrected chi connectivity index (χ3v) is 5.41. The number of hydrogen-bond acceptors (Lipinski definition) is 0. The van der Waals surface area contributed by atoms with Crippen LogP contribution in [0, 0.1) is 0 Å². The van der Waals surface area contributed by atoms with Crippen LogP contribution < -0.4 is 0 Å². The van der Waals surface area contributed by atoms with Gasteiger partial charge in [-0.2, -0.15) is 0 Å². The van der Waals surface area contributed by atoms with Gasteiger partial charge in [-0.1, -0.05) is 66.7 Å². The molecule has 4 aromatic carbocycles. The molecule has 0 N–H and O–H groups in total. The molecule has 0 spiro atoms. The van der Waals surface area contributed by atoms with Gasteiger partial charge in [0.15, 0.2) is 0 Å².